The van der Waals surface area contributed by atoms with Gasteiger partial charge in [0.15, 0.2) is 5.60 Å². The number of carbonyl (C=O) groups is 1. The highest BCUT2D eigenvalue weighted by molar-refractivity contribution is 5.97. The zero-order valence-electron chi connectivity index (χ0n) is 18.2. The SMILES string of the molecule is Cc1cn(-c2ccccc2)nc1OC(C)(C)C(=O)Nc1ccc(N2CCOCC2)cc1. The van der Waals surface area contributed by atoms with Crippen LogP contribution < -0.4 is 15.0 Å². The van der Waals surface area contributed by atoms with Crippen molar-refractivity contribution in [1.29, 1.82) is 0 Å². The molecular weight excluding hydrogens is 392 g/mol. The number of morpholine rings is 1. The van der Waals surface area contributed by atoms with E-state index in [1.165, 1.54) is 0 Å². The lowest BCUT2D eigenvalue weighted by Crippen LogP contribution is -2.42. The van der Waals surface area contributed by atoms with E-state index in [0.717, 1.165) is 48.9 Å². The van der Waals surface area contributed by atoms with Gasteiger partial charge in [0.25, 0.3) is 5.91 Å². The standard InChI is InChI=1S/C24H28N4O3/c1-18-17-28(21-7-5-4-6-8-21)26-22(18)31-24(2,3)23(29)25-19-9-11-20(12-10-19)27-13-15-30-16-14-27/h4-12,17H,13-16H2,1-3H3,(H,25,29). The van der Waals surface area contributed by atoms with E-state index in [1.54, 1.807) is 18.5 Å². The summed E-state index contributed by atoms with van der Waals surface area (Å²) in [7, 11) is 0. The molecule has 1 N–H and O–H groups in total. The first-order valence-corrected chi connectivity index (χ1v) is 10.5. The van der Waals surface area contributed by atoms with Crippen LogP contribution in [0.3, 0.4) is 0 Å². The van der Waals surface area contributed by atoms with Crippen LogP contribution in [0.25, 0.3) is 5.69 Å². The molecule has 0 radical (unpaired) electrons. The molecule has 1 aromatic heterocycles. The first-order chi connectivity index (χ1) is 14.9. The molecule has 1 fully saturated rings. The lowest BCUT2D eigenvalue weighted by atomic mass is 10.1. The Bertz CT molecular complexity index is 1020. The Morgan fingerprint density at radius 3 is 2.39 bits per heavy atom. The Morgan fingerprint density at radius 1 is 1.03 bits per heavy atom. The smallest absolute Gasteiger partial charge is 0.268 e. The Hall–Kier alpha value is -3.32. The quantitative estimate of drug-likeness (QED) is 0.657. The molecule has 1 amide bonds. The van der Waals surface area contributed by atoms with E-state index in [4.69, 9.17) is 9.47 Å². The normalized spacial score (nSPS) is 14.4. The number of nitrogens with one attached hydrogen (secondary N) is 1. The first kappa shape index (κ1) is 20.9. The van der Waals surface area contributed by atoms with Gasteiger partial charge in [-0.15, -0.1) is 5.10 Å². The van der Waals surface area contributed by atoms with Crippen LogP contribution >= 0.6 is 0 Å². The molecule has 31 heavy (non-hydrogen) atoms. The van der Waals surface area contributed by atoms with Gasteiger partial charge >= 0.3 is 0 Å². The molecule has 3 aromatic rings. The van der Waals surface area contributed by atoms with Gasteiger partial charge in [-0.05, 0) is 57.2 Å². The van der Waals surface area contributed by atoms with Crippen molar-refractivity contribution in [2.75, 3.05) is 36.5 Å². The molecule has 1 aliphatic rings. The number of hydrogen-bond donors (Lipinski definition) is 1. The fourth-order valence-electron chi connectivity index (χ4n) is 3.40. The van der Waals surface area contributed by atoms with Crippen molar-refractivity contribution in [3.8, 4) is 11.6 Å². The predicted octanol–water partition coefficient (Wildman–Crippen LogP) is 3.81. The number of benzene rings is 2. The molecule has 2 heterocycles. The molecule has 0 aliphatic carbocycles. The van der Waals surface area contributed by atoms with Gasteiger partial charge in [-0.3, -0.25) is 4.79 Å². The van der Waals surface area contributed by atoms with E-state index in [9.17, 15) is 4.79 Å². The van der Waals surface area contributed by atoms with E-state index in [1.807, 2.05) is 67.7 Å². The van der Waals surface area contributed by atoms with Crippen molar-refractivity contribution in [3.05, 3.63) is 66.4 Å². The third-order valence-electron chi connectivity index (χ3n) is 5.27. The van der Waals surface area contributed by atoms with E-state index in [-0.39, 0.29) is 5.91 Å². The zero-order chi connectivity index (χ0) is 21.8. The minimum Gasteiger partial charge on any atom is -0.460 e. The molecule has 0 atom stereocenters. The van der Waals surface area contributed by atoms with Gasteiger partial charge in [-0.1, -0.05) is 18.2 Å². The van der Waals surface area contributed by atoms with Gasteiger partial charge in [-0.2, -0.15) is 0 Å². The highest BCUT2D eigenvalue weighted by Gasteiger charge is 2.31. The van der Waals surface area contributed by atoms with Crippen LogP contribution in [0.5, 0.6) is 5.88 Å². The molecule has 2 aromatic carbocycles. The fraction of sp³-hybridized carbons (Fsp3) is 0.333. The third-order valence-corrected chi connectivity index (χ3v) is 5.27. The maximum Gasteiger partial charge on any atom is 0.268 e. The summed E-state index contributed by atoms with van der Waals surface area (Å²) in [5.41, 5.74) is 2.55. The lowest BCUT2D eigenvalue weighted by molar-refractivity contribution is -0.128. The first-order valence-electron chi connectivity index (χ1n) is 10.5. The average Bonchev–Trinajstić information content (AvgIpc) is 3.15. The number of aromatic nitrogens is 2. The van der Waals surface area contributed by atoms with Crippen LogP contribution in [0.2, 0.25) is 0 Å². The molecule has 4 rings (SSSR count). The van der Waals surface area contributed by atoms with Crippen LogP contribution in [0, 0.1) is 6.92 Å². The highest BCUT2D eigenvalue weighted by atomic mass is 16.5. The van der Waals surface area contributed by atoms with Crippen molar-refractivity contribution in [2.45, 2.75) is 26.4 Å². The second-order valence-corrected chi connectivity index (χ2v) is 8.11. The molecule has 1 aliphatic heterocycles. The zero-order valence-corrected chi connectivity index (χ0v) is 18.2. The number of ether oxygens (including phenoxy) is 2. The minimum atomic E-state index is -1.09. The summed E-state index contributed by atoms with van der Waals surface area (Å²) in [6.45, 7) is 8.63. The van der Waals surface area contributed by atoms with Gasteiger partial charge < -0.3 is 19.7 Å². The Balaban J connectivity index is 1.42. The van der Waals surface area contributed by atoms with Gasteiger partial charge in [0.2, 0.25) is 5.88 Å². The fourth-order valence-corrected chi connectivity index (χ4v) is 3.40. The predicted molar refractivity (Wildman–Crippen MR) is 121 cm³/mol. The molecule has 0 spiro atoms. The summed E-state index contributed by atoms with van der Waals surface area (Å²) in [6.07, 6.45) is 1.89. The lowest BCUT2D eigenvalue weighted by Gasteiger charge is -2.29. The largest absolute Gasteiger partial charge is 0.460 e. The van der Waals surface area contributed by atoms with Crippen molar-refractivity contribution in [3.63, 3.8) is 0 Å². The number of amides is 1. The molecular formula is C24H28N4O3. The molecule has 7 nitrogen and oxygen atoms in total. The third kappa shape index (κ3) is 4.88. The van der Waals surface area contributed by atoms with Crippen LogP contribution in [-0.2, 0) is 9.53 Å². The highest BCUT2D eigenvalue weighted by Crippen LogP contribution is 2.25. The summed E-state index contributed by atoms with van der Waals surface area (Å²) in [5, 5.41) is 7.47. The van der Waals surface area contributed by atoms with E-state index in [2.05, 4.69) is 15.3 Å². The average molecular weight is 421 g/mol. The summed E-state index contributed by atoms with van der Waals surface area (Å²) in [4.78, 5) is 15.2. The van der Waals surface area contributed by atoms with Gasteiger partial charge in [0.1, 0.15) is 0 Å². The molecule has 0 bridgehead atoms. The van der Waals surface area contributed by atoms with Crippen molar-refractivity contribution in [1.82, 2.24) is 9.78 Å². The molecule has 0 saturated carbocycles. The number of rotatable bonds is 6. The minimum absolute atomic E-state index is 0.236. The van der Waals surface area contributed by atoms with Crippen LogP contribution in [0.15, 0.2) is 60.8 Å². The Labute approximate surface area is 182 Å². The second kappa shape index (κ2) is 8.81. The topological polar surface area (TPSA) is 68.6 Å². The van der Waals surface area contributed by atoms with Gasteiger partial charge in [0.05, 0.1) is 18.9 Å². The maximum atomic E-state index is 12.9. The molecule has 1 saturated heterocycles. The second-order valence-electron chi connectivity index (χ2n) is 8.11. The summed E-state index contributed by atoms with van der Waals surface area (Å²) < 4.78 is 13.2. The van der Waals surface area contributed by atoms with Crippen molar-refractivity contribution >= 4 is 17.3 Å². The number of hydrogen-bond acceptors (Lipinski definition) is 5. The number of carbonyl (C=O) groups excluding carboxylic acids is 1. The summed E-state index contributed by atoms with van der Waals surface area (Å²) >= 11 is 0. The van der Waals surface area contributed by atoms with Gasteiger partial charge in [0, 0.05) is 36.2 Å². The Kier molecular flexibility index (Phi) is 5.95. The number of nitrogens with zero attached hydrogens (tertiary/aromatic N) is 3. The van der Waals surface area contributed by atoms with Crippen LogP contribution in [0.1, 0.15) is 19.4 Å². The number of anilines is 2. The molecule has 162 valence electrons. The van der Waals surface area contributed by atoms with E-state index < -0.39 is 5.60 Å². The van der Waals surface area contributed by atoms with E-state index >= 15 is 0 Å². The monoisotopic (exact) mass is 420 g/mol. The van der Waals surface area contributed by atoms with Gasteiger partial charge in [-0.25, -0.2) is 4.68 Å². The van der Waals surface area contributed by atoms with E-state index in [0.29, 0.717) is 5.88 Å². The number of para-hydroxylation sites is 1. The summed E-state index contributed by atoms with van der Waals surface area (Å²) in [6, 6.07) is 17.6. The summed E-state index contributed by atoms with van der Waals surface area (Å²) in [5.74, 6) is 0.201. The van der Waals surface area contributed by atoms with Crippen molar-refractivity contribution in [2.24, 2.45) is 0 Å². The van der Waals surface area contributed by atoms with Crippen LogP contribution in [0.4, 0.5) is 11.4 Å². The maximum absolute atomic E-state index is 12.9. The van der Waals surface area contributed by atoms with Crippen molar-refractivity contribution < 1.29 is 14.3 Å². The van der Waals surface area contributed by atoms with Crippen LogP contribution in [-0.4, -0.2) is 47.6 Å². The Morgan fingerprint density at radius 2 is 1.71 bits per heavy atom. The molecule has 0 unspecified atom stereocenters. The number of aryl methyl sites for hydroxylation is 1. The molecule has 7 heteroatoms.